The van der Waals surface area contributed by atoms with Gasteiger partial charge in [-0.2, -0.15) is 0 Å². The molecule has 128 valence electrons. The van der Waals surface area contributed by atoms with E-state index in [1.807, 2.05) is 22.8 Å². The SMILES string of the molecule is CNCc1cn(CC2CCN(C(=O)[C@H]3CCCCO3)CC2)nn1. The molecule has 0 aliphatic carbocycles. The van der Waals surface area contributed by atoms with Crippen molar-refractivity contribution in [1.29, 1.82) is 0 Å². The van der Waals surface area contributed by atoms with Crippen LogP contribution in [0, 0.1) is 5.92 Å². The molecule has 0 spiro atoms. The molecule has 2 aliphatic heterocycles. The maximum Gasteiger partial charge on any atom is 0.251 e. The Bertz CT molecular complexity index is 504. The van der Waals surface area contributed by atoms with Crippen molar-refractivity contribution in [2.45, 2.75) is 51.3 Å². The second-order valence-electron chi connectivity index (χ2n) is 6.59. The van der Waals surface area contributed by atoms with Crippen LogP contribution in [0.25, 0.3) is 0 Å². The Morgan fingerprint density at radius 2 is 2.17 bits per heavy atom. The highest BCUT2D eigenvalue weighted by atomic mass is 16.5. The fraction of sp³-hybridized carbons (Fsp3) is 0.812. The average molecular weight is 321 g/mol. The first-order chi connectivity index (χ1) is 11.3. The van der Waals surface area contributed by atoms with Gasteiger partial charge in [0.1, 0.15) is 6.10 Å². The summed E-state index contributed by atoms with van der Waals surface area (Å²) in [5.74, 6) is 0.760. The summed E-state index contributed by atoms with van der Waals surface area (Å²) in [5.41, 5.74) is 0.967. The van der Waals surface area contributed by atoms with E-state index in [-0.39, 0.29) is 12.0 Å². The van der Waals surface area contributed by atoms with Crippen molar-refractivity contribution in [3.63, 3.8) is 0 Å². The van der Waals surface area contributed by atoms with E-state index in [9.17, 15) is 4.79 Å². The van der Waals surface area contributed by atoms with Crippen LogP contribution in [-0.4, -0.2) is 58.6 Å². The summed E-state index contributed by atoms with van der Waals surface area (Å²) < 4.78 is 7.55. The van der Waals surface area contributed by atoms with Gasteiger partial charge in [-0.3, -0.25) is 9.48 Å². The number of carbonyl (C=O) groups is 1. The van der Waals surface area contributed by atoms with Crippen molar-refractivity contribution in [2.24, 2.45) is 5.92 Å². The van der Waals surface area contributed by atoms with Crippen LogP contribution >= 0.6 is 0 Å². The molecule has 1 amide bonds. The van der Waals surface area contributed by atoms with Crippen LogP contribution in [-0.2, 0) is 22.6 Å². The largest absolute Gasteiger partial charge is 0.368 e. The first-order valence-electron chi connectivity index (χ1n) is 8.70. The third-order valence-corrected chi connectivity index (χ3v) is 4.77. The molecule has 2 saturated heterocycles. The van der Waals surface area contributed by atoms with Crippen molar-refractivity contribution in [2.75, 3.05) is 26.7 Å². The summed E-state index contributed by atoms with van der Waals surface area (Å²) in [6, 6.07) is 0. The number of amides is 1. The normalized spacial score (nSPS) is 23.2. The number of carbonyl (C=O) groups excluding carboxylic acids is 1. The van der Waals surface area contributed by atoms with Gasteiger partial charge in [0.15, 0.2) is 0 Å². The summed E-state index contributed by atoms with van der Waals surface area (Å²) in [6.45, 7) is 4.03. The van der Waals surface area contributed by atoms with Gasteiger partial charge in [-0.05, 0) is 45.1 Å². The van der Waals surface area contributed by atoms with Crippen molar-refractivity contribution < 1.29 is 9.53 Å². The van der Waals surface area contributed by atoms with E-state index in [4.69, 9.17) is 4.74 Å². The van der Waals surface area contributed by atoms with Crippen molar-refractivity contribution >= 4 is 5.91 Å². The minimum Gasteiger partial charge on any atom is -0.368 e. The Morgan fingerprint density at radius 3 is 2.87 bits per heavy atom. The van der Waals surface area contributed by atoms with Gasteiger partial charge in [0.2, 0.25) is 0 Å². The lowest BCUT2D eigenvalue weighted by Crippen LogP contribution is -2.46. The fourth-order valence-electron chi connectivity index (χ4n) is 3.43. The van der Waals surface area contributed by atoms with Crippen LogP contribution in [0.5, 0.6) is 0 Å². The number of piperidine rings is 1. The third kappa shape index (κ3) is 4.29. The predicted molar refractivity (Wildman–Crippen MR) is 85.7 cm³/mol. The van der Waals surface area contributed by atoms with E-state index in [1.165, 1.54) is 0 Å². The predicted octanol–water partition coefficient (Wildman–Crippen LogP) is 0.805. The minimum atomic E-state index is -0.195. The number of nitrogens with one attached hydrogen (secondary N) is 1. The molecule has 0 saturated carbocycles. The number of nitrogens with zero attached hydrogens (tertiary/aromatic N) is 4. The highest BCUT2D eigenvalue weighted by Crippen LogP contribution is 2.22. The molecule has 1 aromatic heterocycles. The smallest absolute Gasteiger partial charge is 0.251 e. The lowest BCUT2D eigenvalue weighted by atomic mass is 9.96. The molecule has 1 aromatic rings. The number of ether oxygens (including phenoxy) is 1. The van der Waals surface area contributed by atoms with Crippen molar-refractivity contribution in [3.05, 3.63) is 11.9 Å². The van der Waals surface area contributed by atoms with Gasteiger partial charge in [0.25, 0.3) is 5.91 Å². The zero-order valence-corrected chi connectivity index (χ0v) is 13.9. The number of hydrogen-bond donors (Lipinski definition) is 1. The Morgan fingerprint density at radius 1 is 1.35 bits per heavy atom. The second-order valence-corrected chi connectivity index (χ2v) is 6.59. The van der Waals surface area contributed by atoms with Crippen LogP contribution in [0.1, 0.15) is 37.8 Å². The molecule has 7 nitrogen and oxygen atoms in total. The van der Waals surface area contributed by atoms with Gasteiger partial charge in [0.05, 0.1) is 5.69 Å². The zero-order valence-electron chi connectivity index (χ0n) is 13.9. The van der Waals surface area contributed by atoms with Gasteiger partial charge in [-0.1, -0.05) is 5.21 Å². The van der Waals surface area contributed by atoms with Crippen molar-refractivity contribution in [3.8, 4) is 0 Å². The topological polar surface area (TPSA) is 72.3 Å². The monoisotopic (exact) mass is 321 g/mol. The van der Waals surface area contributed by atoms with E-state index in [0.717, 1.165) is 70.6 Å². The zero-order chi connectivity index (χ0) is 16.1. The van der Waals surface area contributed by atoms with Gasteiger partial charge in [0, 0.05) is 39.0 Å². The number of hydrogen-bond acceptors (Lipinski definition) is 5. The van der Waals surface area contributed by atoms with Gasteiger partial charge in [-0.25, -0.2) is 0 Å². The quantitative estimate of drug-likeness (QED) is 0.869. The third-order valence-electron chi connectivity index (χ3n) is 4.77. The second kappa shape index (κ2) is 7.88. The molecule has 1 atom stereocenters. The summed E-state index contributed by atoms with van der Waals surface area (Å²) in [4.78, 5) is 14.4. The van der Waals surface area contributed by atoms with E-state index >= 15 is 0 Å². The Kier molecular flexibility index (Phi) is 5.61. The van der Waals surface area contributed by atoms with E-state index < -0.39 is 0 Å². The highest BCUT2D eigenvalue weighted by Gasteiger charge is 2.30. The lowest BCUT2D eigenvalue weighted by molar-refractivity contribution is -0.148. The standard InChI is InChI=1S/C16H27N5O2/c1-17-10-14-12-21(19-18-14)11-13-5-7-20(8-6-13)16(22)15-4-2-3-9-23-15/h12-13,15,17H,2-11H2,1H3/t15-/m1/s1. The van der Waals surface area contributed by atoms with Gasteiger partial charge < -0.3 is 15.0 Å². The van der Waals surface area contributed by atoms with Crippen LogP contribution in [0.15, 0.2) is 6.20 Å². The highest BCUT2D eigenvalue weighted by molar-refractivity contribution is 5.81. The van der Waals surface area contributed by atoms with Gasteiger partial charge >= 0.3 is 0 Å². The van der Waals surface area contributed by atoms with Crippen LogP contribution in [0.2, 0.25) is 0 Å². The maximum absolute atomic E-state index is 12.5. The maximum atomic E-state index is 12.5. The van der Waals surface area contributed by atoms with E-state index in [1.54, 1.807) is 0 Å². The van der Waals surface area contributed by atoms with Gasteiger partial charge in [-0.15, -0.1) is 5.10 Å². The molecule has 0 bridgehead atoms. The lowest BCUT2D eigenvalue weighted by Gasteiger charge is -2.35. The van der Waals surface area contributed by atoms with Crippen molar-refractivity contribution in [1.82, 2.24) is 25.2 Å². The van der Waals surface area contributed by atoms with E-state index in [0.29, 0.717) is 5.92 Å². The molecular formula is C16H27N5O2. The molecule has 0 aromatic carbocycles. The number of aromatic nitrogens is 3. The summed E-state index contributed by atoms with van der Waals surface area (Å²) >= 11 is 0. The molecule has 2 aliphatic rings. The summed E-state index contributed by atoms with van der Waals surface area (Å²) in [7, 11) is 1.90. The fourth-order valence-corrected chi connectivity index (χ4v) is 3.43. The molecule has 0 unspecified atom stereocenters. The first kappa shape index (κ1) is 16.4. The van der Waals surface area contributed by atoms with Crippen LogP contribution < -0.4 is 5.32 Å². The Labute approximate surface area is 137 Å². The molecule has 1 N–H and O–H groups in total. The average Bonchev–Trinajstić information content (AvgIpc) is 3.03. The summed E-state index contributed by atoms with van der Waals surface area (Å²) in [5, 5.41) is 11.4. The molecule has 0 radical (unpaired) electrons. The van der Waals surface area contributed by atoms with Crippen LogP contribution in [0.3, 0.4) is 0 Å². The molecule has 3 rings (SSSR count). The van der Waals surface area contributed by atoms with Crippen LogP contribution in [0.4, 0.5) is 0 Å². The summed E-state index contributed by atoms with van der Waals surface area (Å²) in [6.07, 6.45) is 6.93. The molecule has 23 heavy (non-hydrogen) atoms. The molecular weight excluding hydrogens is 294 g/mol. The Hall–Kier alpha value is -1.47. The Balaban J connectivity index is 1.45. The number of rotatable bonds is 5. The first-order valence-corrected chi connectivity index (χ1v) is 8.70. The molecule has 3 heterocycles. The molecule has 2 fully saturated rings. The number of likely N-dealkylation sites (tertiary alicyclic amines) is 1. The van der Waals surface area contributed by atoms with E-state index in [2.05, 4.69) is 15.6 Å². The molecule has 7 heteroatoms. The minimum absolute atomic E-state index is 0.195.